The molecule has 0 radical (unpaired) electrons. The third kappa shape index (κ3) is 2.99. The number of nitrogens with zero attached hydrogens (tertiary/aromatic N) is 4. The predicted molar refractivity (Wildman–Crippen MR) is 71.7 cm³/mol. The van der Waals surface area contributed by atoms with Gasteiger partial charge in [0, 0.05) is 23.2 Å². The van der Waals surface area contributed by atoms with Crippen LogP contribution < -0.4 is 0 Å². The number of azide groups is 1. The minimum atomic E-state index is 0.485. The summed E-state index contributed by atoms with van der Waals surface area (Å²) in [5.74, 6) is 0. The summed E-state index contributed by atoms with van der Waals surface area (Å²) in [6.45, 7) is 0.485. The average Bonchev–Trinajstić information content (AvgIpc) is 2.93. The molecule has 0 aliphatic heterocycles. The van der Waals surface area contributed by atoms with Crippen LogP contribution in [-0.2, 0) is 0 Å². The van der Waals surface area contributed by atoms with Gasteiger partial charge in [0.25, 0.3) is 0 Å². The molecule has 1 heterocycles. The molecule has 0 aliphatic rings. The van der Waals surface area contributed by atoms with Crippen molar-refractivity contribution in [2.45, 2.75) is 6.42 Å². The largest absolute Gasteiger partial charge is 0.278 e. The Morgan fingerprint density at radius 1 is 1.33 bits per heavy atom. The van der Waals surface area contributed by atoms with Crippen molar-refractivity contribution in [1.82, 2.24) is 10.2 Å². The van der Waals surface area contributed by atoms with Crippen LogP contribution in [0.5, 0.6) is 0 Å². The molecule has 5 heteroatoms. The van der Waals surface area contributed by atoms with E-state index in [0.29, 0.717) is 6.54 Å². The highest BCUT2D eigenvalue weighted by molar-refractivity contribution is 5.72. The maximum absolute atomic E-state index is 8.17. The van der Waals surface area contributed by atoms with E-state index >= 15 is 0 Å². The molecule has 0 saturated carbocycles. The lowest BCUT2D eigenvalue weighted by molar-refractivity contribution is 0.995. The highest BCUT2D eigenvalue weighted by atomic mass is 15.1. The number of benzene rings is 1. The third-order valence-electron chi connectivity index (χ3n) is 2.51. The molecule has 1 aromatic heterocycles. The lowest BCUT2D eigenvalue weighted by Crippen LogP contribution is -1.83. The van der Waals surface area contributed by atoms with E-state index in [-0.39, 0.29) is 0 Å². The van der Waals surface area contributed by atoms with Gasteiger partial charge in [-0.2, -0.15) is 5.10 Å². The number of aromatic amines is 1. The Morgan fingerprint density at radius 2 is 2.22 bits per heavy atom. The molecule has 0 amide bonds. The summed E-state index contributed by atoms with van der Waals surface area (Å²) in [5.41, 5.74) is 11.4. The summed E-state index contributed by atoms with van der Waals surface area (Å²) in [6, 6.07) is 10.0. The van der Waals surface area contributed by atoms with Gasteiger partial charge in [0.1, 0.15) is 0 Å². The zero-order valence-electron chi connectivity index (χ0n) is 9.82. The minimum Gasteiger partial charge on any atom is -0.278 e. The Labute approximate surface area is 105 Å². The molecule has 0 atom stereocenters. The highest BCUT2D eigenvalue weighted by Crippen LogP contribution is 2.22. The summed E-state index contributed by atoms with van der Waals surface area (Å²) < 4.78 is 0. The zero-order chi connectivity index (χ0) is 12.6. The van der Waals surface area contributed by atoms with Gasteiger partial charge in [0.05, 0.1) is 5.69 Å². The number of nitrogens with one attached hydrogen (secondary N) is 1. The molecule has 2 aromatic rings. The molecule has 0 unspecified atom stereocenters. The summed E-state index contributed by atoms with van der Waals surface area (Å²) in [7, 11) is 0. The van der Waals surface area contributed by atoms with Gasteiger partial charge in [-0.15, -0.1) is 0 Å². The molecule has 1 aromatic carbocycles. The van der Waals surface area contributed by atoms with Gasteiger partial charge in [-0.1, -0.05) is 41.5 Å². The number of hydrogen-bond donors (Lipinski definition) is 1. The fourth-order valence-corrected chi connectivity index (χ4v) is 1.68. The van der Waals surface area contributed by atoms with E-state index in [1.165, 1.54) is 0 Å². The van der Waals surface area contributed by atoms with Crippen molar-refractivity contribution in [2.75, 3.05) is 6.54 Å². The molecule has 0 bridgehead atoms. The summed E-state index contributed by atoms with van der Waals surface area (Å²) in [4.78, 5) is 2.72. The fourth-order valence-electron chi connectivity index (χ4n) is 1.68. The standard InChI is InChI=1S/C13H13N5/c14-18-16-9-4-3-6-11-5-1-2-7-12(11)13-8-10-15-17-13/h1-3,5-8,10H,4,9H2,(H,15,17). The van der Waals surface area contributed by atoms with Crippen LogP contribution in [0.1, 0.15) is 12.0 Å². The quantitative estimate of drug-likeness (QED) is 0.366. The molecular formula is C13H13N5. The number of hydrogen-bond acceptors (Lipinski definition) is 2. The smallest absolute Gasteiger partial charge is 0.0656 e. The maximum atomic E-state index is 8.17. The van der Waals surface area contributed by atoms with Crippen molar-refractivity contribution in [2.24, 2.45) is 5.11 Å². The number of aromatic nitrogens is 2. The highest BCUT2D eigenvalue weighted by Gasteiger charge is 2.02. The Kier molecular flexibility index (Phi) is 4.16. The van der Waals surface area contributed by atoms with Crippen LogP contribution in [0.25, 0.3) is 27.8 Å². The topological polar surface area (TPSA) is 77.4 Å². The summed E-state index contributed by atoms with van der Waals surface area (Å²) in [5, 5.41) is 10.4. The van der Waals surface area contributed by atoms with Crippen molar-refractivity contribution < 1.29 is 0 Å². The molecule has 0 aliphatic carbocycles. The Hall–Kier alpha value is -2.52. The van der Waals surface area contributed by atoms with Crippen LogP contribution in [0.3, 0.4) is 0 Å². The van der Waals surface area contributed by atoms with Crippen LogP contribution in [0, 0.1) is 0 Å². The first-order valence-corrected chi connectivity index (χ1v) is 5.68. The van der Waals surface area contributed by atoms with E-state index < -0.39 is 0 Å². The first-order chi connectivity index (χ1) is 8.92. The van der Waals surface area contributed by atoms with Gasteiger partial charge in [0.15, 0.2) is 0 Å². The van der Waals surface area contributed by atoms with E-state index in [4.69, 9.17) is 5.53 Å². The second-order valence-corrected chi connectivity index (χ2v) is 3.70. The molecule has 2 rings (SSSR count). The predicted octanol–water partition coefficient (Wildman–Crippen LogP) is 3.79. The van der Waals surface area contributed by atoms with Gasteiger partial charge in [-0.3, -0.25) is 5.10 Å². The monoisotopic (exact) mass is 239 g/mol. The molecule has 0 spiro atoms. The molecular weight excluding hydrogens is 226 g/mol. The van der Waals surface area contributed by atoms with Crippen molar-refractivity contribution in [1.29, 1.82) is 0 Å². The van der Waals surface area contributed by atoms with Crippen molar-refractivity contribution in [3.8, 4) is 11.3 Å². The van der Waals surface area contributed by atoms with Crippen LogP contribution in [0.2, 0.25) is 0 Å². The first kappa shape index (κ1) is 12.0. The van der Waals surface area contributed by atoms with E-state index in [1.807, 2.05) is 42.5 Å². The van der Waals surface area contributed by atoms with Gasteiger partial charge < -0.3 is 0 Å². The van der Waals surface area contributed by atoms with Crippen LogP contribution >= 0.6 is 0 Å². The van der Waals surface area contributed by atoms with Gasteiger partial charge in [-0.05, 0) is 23.6 Å². The van der Waals surface area contributed by atoms with E-state index in [0.717, 1.165) is 23.2 Å². The van der Waals surface area contributed by atoms with Gasteiger partial charge in [0.2, 0.25) is 0 Å². The second kappa shape index (κ2) is 6.27. The van der Waals surface area contributed by atoms with Crippen molar-refractivity contribution in [3.05, 3.63) is 58.6 Å². The molecule has 5 nitrogen and oxygen atoms in total. The van der Waals surface area contributed by atoms with E-state index in [2.05, 4.69) is 20.2 Å². The van der Waals surface area contributed by atoms with Crippen LogP contribution in [0.15, 0.2) is 47.7 Å². The summed E-state index contributed by atoms with van der Waals surface area (Å²) in [6.07, 6.45) is 6.51. The molecule has 1 N–H and O–H groups in total. The van der Waals surface area contributed by atoms with Gasteiger partial charge >= 0.3 is 0 Å². The van der Waals surface area contributed by atoms with Crippen molar-refractivity contribution >= 4 is 6.08 Å². The third-order valence-corrected chi connectivity index (χ3v) is 2.51. The lowest BCUT2D eigenvalue weighted by Gasteiger charge is -2.02. The number of rotatable bonds is 5. The second-order valence-electron chi connectivity index (χ2n) is 3.70. The van der Waals surface area contributed by atoms with Crippen molar-refractivity contribution in [3.63, 3.8) is 0 Å². The lowest BCUT2D eigenvalue weighted by atomic mass is 10.0. The van der Waals surface area contributed by atoms with Crippen LogP contribution in [-0.4, -0.2) is 16.7 Å². The summed E-state index contributed by atoms with van der Waals surface area (Å²) >= 11 is 0. The number of H-pyrrole nitrogens is 1. The molecule has 18 heavy (non-hydrogen) atoms. The normalized spacial score (nSPS) is 10.4. The van der Waals surface area contributed by atoms with Gasteiger partial charge in [-0.25, -0.2) is 0 Å². The minimum absolute atomic E-state index is 0.485. The maximum Gasteiger partial charge on any atom is 0.0656 e. The molecule has 90 valence electrons. The first-order valence-electron chi connectivity index (χ1n) is 5.68. The SMILES string of the molecule is [N-]=[N+]=NCCC=Cc1ccccc1-c1ccn[nH]1. The van der Waals surface area contributed by atoms with E-state index in [1.54, 1.807) is 6.20 Å². The van der Waals surface area contributed by atoms with Crippen LogP contribution in [0.4, 0.5) is 0 Å². The Bertz CT molecular complexity index is 565. The Balaban J connectivity index is 2.15. The molecule has 0 saturated heterocycles. The van der Waals surface area contributed by atoms with E-state index in [9.17, 15) is 0 Å². The average molecular weight is 239 g/mol. The molecule has 0 fully saturated rings. The Morgan fingerprint density at radius 3 is 3.00 bits per heavy atom. The zero-order valence-corrected chi connectivity index (χ0v) is 9.82. The fraction of sp³-hybridized carbons (Fsp3) is 0.154.